The lowest BCUT2D eigenvalue weighted by atomic mass is 10.0. The molecule has 0 spiro atoms. The number of amides is 2. The minimum absolute atomic E-state index is 0.0444. The maximum Gasteiger partial charge on any atom is 0.253 e. The van der Waals surface area contributed by atoms with Crippen LogP contribution in [0.4, 0.5) is 5.69 Å². The summed E-state index contributed by atoms with van der Waals surface area (Å²) in [5.41, 5.74) is 6.45. The number of rotatable bonds is 2. The van der Waals surface area contributed by atoms with E-state index in [9.17, 15) is 9.59 Å². The number of nitrogen functional groups attached to an aromatic ring is 1. The van der Waals surface area contributed by atoms with Crippen LogP contribution >= 0.6 is 23.2 Å². The number of carbonyl (C=O) groups is 2. The lowest BCUT2D eigenvalue weighted by Crippen LogP contribution is -2.46. The predicted octanol–water partition coefficient (Wildman–Crippen LogP) is 2.32. The molecule has 1 aliphatic heterocycles. The molecule has 0 radical (unpaired) electrons. The van der Waals surface area contributed by atoms with Crippen molar-refractivity contribution >= 4 is 40.7 Å². The number of piperidine rings is 1. The highest BCUT2D eigenvalue weighted by Crippen LogP contribution is 2.30. The van der Waals surface area contributed by atoms with Crippen molar-refractivity contribution in [3.63, 3.8) is 0 Å². The average Bonchev–Trinajstić information content (AvgIpc) is 2.43. The molecule has 0 unspecified atom stereocenters. The first-order valence-electron chi connectivity index (χ1n) is 6.69. The van der Waals surface area contributed by atoms with Crippen molar-refractivity contribution in [3.8, 4) is 0 Å². The third kappa shape index (κ3) is 3.80. The molecule has 1 aromatic carbocycles. The van der Waals surface area contributed by atoms with Gasteiger partial charge in [0.2, 0.25) is 5.91 Å². The molecule has 2 amide bonds. The summed E-state index contributed by atoms with van der Waals surface area (Å²) in [5, 5.41) is 3.40. The van der Waals surface area contributed by atoms with Crippen LogP contribution in [0.2, 0.25) is 10.0 Å². The van der Waals surface area contributed by atoms with E-state index in [4.69, 9.17) is 28.9 Å². The lowest BCUT2D eigenvalue weighted by Gasteiger charge is -2.32. The van der Waals surface area contributed by atoms with Gasteiger partial charge in [-0.25, -0.2) is 0 Å². The van der Waals surface area contributed by atoms with E-state index in [1.165, 1.54) is 19.1 Å². The van der Waals surface area contributed by atoms with Crippen LogP contribution < -0.4 is 11.1 Å². The molecular formula is C14H17Cl2N3O2. The lowest BCUT2D eigenvalue weighted by molar-refractivity contribution is -0.119. The van der Waals surface area contributed by atoms with Crippen LogP contribution in [-0.4, -0.2) is 35.8 Å². The molecule has 3 N–H and O–H groups in total. The molecule has 0 atom stereocenters. The molecular weight excluding hydrogens is 313 g/mol. The van der Waals surface area contributed by atoms with Gasteiger partial charge in [-0.3, -0.25) is 9.59 Å². The number of likely N-dealkylation sites (tertiary alicyclic amines) is 1. The fraction of sp³-hybridized carbons (Fsp3) is 0.429. The number of hydrogen-bond donors (Lipinski definition) is 2. The number of hydrogen-bond acceptors (Lipinski definition) is 3. The summed E-state index contributed by atoms with van der Waals surface area (Å²) in [4.78, 5) is 25.2. The summed E-state index contributed by atoms with van der Waals surface area (Å²) in [6.45, 7) is 2.67. The fourth-order valence-corrected chi connectivity index (χ4v) is 2.77. The van der Waals surface area contributed by atoms with E-state index in [0.717, 1.165) is 12.8 Å². The van der Waals surface area contributed by atoms with E-state index in [-0.39, 0.29) is 27.9 Å². The first-order valence-corrected chi connectivity index (χ1v) is 7.45. The second-order valence-electron chi connectivity index (χ2n) is 5.13. The Labute approximate surface area is 133 Å². The van der Waals surface area contributed by atoms with E-state index >= 15 is 0 Å². The number of carbonyl (C=O) groups excluding carboxylic acids is 2. The number of nitrogens with two attached hydrogens (primary N) is 1. The van der Waals surface area contributed by atoms with Gasteiger partial charge in [-0.1, -0.05) is 23.2 Å². The summed E-state index contributed by atoms with van der Waals surface area (Å²) < 4.78 is 0. The van der Waals surface area contributed by atoms with Gasteiger partial charge >= 0.3 is 0 Å². The molecule has 1 aromatic rings. The molecule has 0 saturated carbocycles. The minimum Gasteiger partial charge on any atom is -0.397 e. The highest BCUT2D eigenvalue weighted by Gasteiger charge is 2.24. The van der Waals surface area contributed by atoms with E-state index < -0.39 is 0 Å². The molecule has 7 heteroatoms. The largest absolute Gasteiger partial charge is 0.397 e. The molecule has 0 bridgehead atoms. The Morgan fingerprint density at radius 1 is 1.29 bits per heavy atom. The van der Waals surface area contributed by atoms with Crippen molar-refractivity contribution in [1.82, 2.24) is 10.2 Å². The quantitative estimate of drug-likeness (QED) is 0.817. The smallest absolute Gasteiger partial charge is 0.253 e. The van der Waals surface area contributed by atoms with Crippen LogP contribution in [0.3, 0.4) is 0 Å². The van der Waals surface area contributed by atoms with Crippen LogP contribution in [0.1, 0.15) is 30.1 Å². The number of halogens is 2. The second-order valence-corrected chi connectivity index (χ2v) is 5.91. The first-order chi connectivity index (χ1) is 9.88. The third-order valence-electron chi connectivity index (χ3n) is 3.49. The average molecular weight is 330 g/mol. The molecule has 1 heterocycles. The van der Waals surface area contributed by atoms with E-state index in [1.807, 2.05) is 0 Å². The Morgan fingerprint density at radius 3 is 2.43 bits per heavy atom. The normalized spacial score (nSPS) is 15.9. The molecule has 1 fully saturated rings. The Kier molecular flexibility index (Phi) is 4.96. The van der Waals surface area contributed by atoms with Crippen LogP contribution in [-0.2, 0) is 4.79 Å². The molecule has 21 heavy (non-hydrogen) atoms. The van der Waals surface area contributed by atoms with Crippen LogP contribution in [0.5, 0.6) is 0 Å². The van der Waals surface area contributed by atoms with Crippen LogP contribution in [0.15, 0.2) is 12.1 Å². The van der Waals surface area contributed by atoms with E-state index in [0.29, 0.717) is 24.3 Å². The summed E-state index contributed by atoms with van der Waals surface area (Å²) in [7, 11) is 0. The highest BCUT2D eigenvalue weighted by molar-refractivity contribution is 6.43. The van der Waals surface area contributed by atoms with Gasteiger partial charge < -0.3 is 16.0 Å². The van der Waals surface area contributed by atoms with Crippen molar-refractivity contribution in [1.29, 1.82) is 0 Å². The Morgan fingerprint density at radius 2 is 1.90 bits per heavy atom. The fourth-order valence-electron chi connectivity index (χ4n) is 2.43. The summed E-state index contributed by atoms with van der Waals surface area (Å²) in [6.07, 6.45) is 1.48. The zero-order valence-corrected chi connectivity index (χ0v) is 13.2. The number of benzene rings is 1. The van der Waals surface area contributed by atoms with Crippen molar-refractivity contribution in [2.75, 3.05) is 18.8 Å². The maximum absolute atomic E-state index is 12.4. The van der Waals surface area contributed by atoms with Gasteiger partial charge in [0.1, 0.15) is 0 Å². The zero-order chi connectivity index (χ0) is 15.6. The van der Waals surface area contributed by atoms with Gasteiger partial charge in [0, 0.05) is 31.6 Å². The molecule has 5 nitrogen and oxygen atoms in total. The topological polar surface area (TPSA) is 75.4 Å². The minimum atomic E-state index is -0.124. The van der Waals surface area contributed by atoms with Gasteiger partial charge in [0.15, 0.2) is 0 Å². The van der Waals surface area contributed by atoms with Crippen molar-refractivity contribution < 1.29 is 9.59 Å². The molecule has 1 aliphatic rings. The standard InChI is InChI=1S/C14H17Cl2N3O2/c1-8(20)18-10-2-4-19(5-3-10)14(21)9-6-11(15)13(16)12(17)7-9/h6-7,10H,2-5,17H2,1H3,(H,18,20). The van der Waals surface area contributed by atoms with Gasteiger partial charge in [-0.05, 0) is 25.0 Å². The first kappa shape index (κ1) is 15.9. The van der Waals surface area contributed by atoms with Gasteiger partial charge in [-0.15, -0.1) is 0 Å². The predicted molar refractivity (Wildman–Crippen MR) is 83.6 cm³/mol. The van der Waals surface area contributed by atoms with Crippen molar-refractivity contribution in [3.05, 3.63) is 27.7 Å². The van der Waals surface area contributed by atoms with Gasteiger partial charge in [-0.2, -0.15) is 0 Å². The molecule has 2 rings (SSSR count). The Hall–Kier alpha value is -1.46. The van der Waals surface area contributed by atoms with Crippen molar-refractivity contribution in [2.24, 2.45) is 0 Å². The highest BCUT2D eigenvalue weighted by atomic mass is 35.5. The molecule has 114 valence electrons. The maximum atomic E-state index is 12.4. The SMILES string of the molecule is CC(=O)NC1CCN(C(=O)c2cc(N)c(Cl)c(Cl)c2)CC1. The van der Waals surface area contributed by atoms with Crippen LogP contribution in [0.25, 0.3) is 0 Å². The summed E-state index contributed by atoms with van der Waals surface area (Å²) in [5.74, 6) is -0.168. The Balaban J connectivity index is 2.04. The number of nitrogens with zero attached hydrogens (tertiary/aromatic N) is 1. The Bertz CT molecular complexity index is 546. The zero-order valence-electron chi connectivity index (χ0n) is 11.7. The molecule has 0 aliphatic carbocycles. The van der Waals surface area contributed by atoms with Crippen molar-refractivity contribution in [2.45, 2.75) is 25.8 Å². The summed E-state index contributed by atoms with van der Waals surface area (Å²) in [6, 6.07) is 3.20. The van der Waals surface area contributed by atoms with Crippen LogP contribution in [0, 0.1) is 0 Å². The summed E-state index contributed by atoms with van der Waals surface area (Å²) >= 11 is 11.8. The van der Waals surface area contributed by atoms with E-state index in [2.05, 4.69) is 5.32 Å². The monoisotopic (exact) mass is 329 g/mol. The second kappa shape index (κ2) is 6.54. The number of anilines is 1. The third-order valence-corrected chi connectivity index (χ3v) is 4.31. The van der Waals surface area contributed by atoms with Gasteiger partial charge in [0.25, 0.3) is 5.91 Å². The molecule has 1 saturated heterocycles. The number of nitrogens with one attached hydrogen (secondary N) is 1. The van der Waals surface area contributed by atoms with Gasteiger partial charge in [0.05, 0.1) is 15.7 Å². The molecule has 0 aromatic heterocycles. The van der Waals surface area contributed by atoms with E-state index in [1.54, 1.807) is 4.90 Å².